The van der Waals surface area contributed by atoms with Crippen LogP contribution in [-0.2, 0) is 12.0 Å². The number of methoxy groups -OCH3 is 1. The molecule has 1 aliphatic carbocycles. The van der Waals surface area contributed by atoms with Crippen LogP contribution < -0.4 is 15.4 Å². The van der Waals surface area contributed by atoms with Gasteiger partial charge in [0.05, 0.1) is 19.3 Å². The molecule has 2 aromatic rings. The van der Waals surface area contributed by atoms with Crippen molar-refractivity contribution in [3.63, 3.8) is 0 Å². The summed E-state index contributed by atoms with van der Waals surface area (Å²) in [5.41, 5.74) is 2.31. The molecule has 3 rings (SSSR count). The normalized spacial score (nSPS) is 15.8. The number of aliphatic imine (C=N–C) groups is 1. The van der Waals surface area contributed by atoms with Gasteiger partial charge in [0.25, 0.3) is 0 Å². The molecular weight excluding hydrogens is 316 g/mol. The van der Waals surface area contributed by atoms with Gasteiger partial charge in [0.2, 0.25) is 5.89 Å². The van der Waals surface area contributed by atoms with Crippen LogP contribution in [0.1, 0.15) is 35.7 Å². The number of ether oxygens (including phenoxy) is 1. The average molecular weight is 342 g/mol. The van der Waals surface area contributed by atoms with E-state index in [2.05, 4.69) is 32.7 Å². The van der Waals surface area contributed by atoms with Gasteiger partial charge in [-0.1, -0.05) is 18.2 Å². The first-order chi connectivity index (χ1) is 12.1. The van der Waals surface area contributed by atoms with Crippen LogP contribution in [0.5, 0.6) is 5.75 Å². The summed E-state index contributed by atoms with van der Waals surface area (Å²) >= 11 is 0. The van der Waals surface area contributed by atoms with Crippen LogP contribution in [0, 0.1) is 13.8 Å². The van der Waals surface area contributed by atoms with Gasteiger partial charge in [-0.3, -0.25) is 4.99 Å². The van der Waals surface area contributed by atoms with Crippen molar-refractivity contribution in [1.82, 2.24) is 15.6 Å². The number of oxazole rings is 1. The Labute approximate surface area is 148 Å². The minimum absolute atomic E-state index is 0.125. The number of nitrogens with zero attached hydrogens (tertiary/aromatic N) is 2. The zero-order valence-electron chi connectivity index (χ0n) is 15.3. The maximum absolute atomic E-state index is 5.59. The topological polar surface area (TPSA) is 71.7 Å². The van der Waals surface area contributed by atoms with Crippen LogP contribution in [0.2, 0.25) is 0 Å². The summed E-state index contributed by atoms with van der Waals surface area (Å²) in [6.07, 6.45) is 2.30. The van der Waals surface area contributed by atoms with Gasteiger partial charge < -0.3 is 19.8 Å². The zero-order chi connectivity index (χ0) is 17.9. The molecule has 0 unspecified atom stereocenters. The first-order valence-electron chi connectivity index (χ1n) is 8.59. The molecule has 0 amide bonds. The Balaban J connectivity index is 1.59. The highest BCUT2D eigenvalue weighted by Crippen LogP contribution is 2.50. The molecule has 1 aromatic heterocycles. The first-order valence-corrected chi connectivity index (χ1v) is 8.59. The van der Waals surface area contributed by atoms with Crippen molar-refractivity contribution in [1.29, 1.82) is 0 Å². The van der Waals surface area contributed by atoms with E-state index in [1.54, 1.807) is 14.2 Å². The number of aromatic nitrogens is 1. The third kappa shape index (κ3) is 3.78. The second-order valence-electron chi connectivity index (χ2n) is 6.51. The lowest BCUT2D eigenvalue weighted by Gasteiger charge is -2.20. The van der Waals surface area contributed by atoms with E-state index in [9.17, 15) is 0 Å². The molecule has 25 heavy (non-hydrogen) atoms. The summed E-state index contributed by atoms with van der Waals surface area (Å²) in [7, 11) is 3.49. The summed E-state index contributed by atoms with van der Waals surface area (Å²) in [6, 6.07) is 8.25. The van der Waals surface area contributed by atoms with Crippen molar-refractivity contribution in [3.8, 4) is 5.75 Å². The Kier molecular flexibility index (Phi) is 4.97. The van der Waals surface area contributed by atoms with E-state index >= 15 is 0 Å². The third-order valence-corrected chi connectivity index (χ3v) is 4.83. The number of guanidine groups is 1. The lowest BCUT2D eigenvalue weighted by molar-refractivity contribution is 0.403. The van der Waals surface area contributed by atoms with Gasteiger partial charge in [-0.2, -0.15) is 0 Å². The molecule has 1 saturated carbocycles. The Bertz CT molecular complexity index is 743. The number of aryl methyl sites for hydroxylation is 2. The summed E-state index contributed by atoms with van der Waals surface area (Å²) in [4.78, 5) is 8.67. The highest BCUT2D eigenvalue weighted by atomic mass is 16.5. The van der Waals surface area contributed by atoms with Crippen molar-refractivity contribution in [2.75, 3.05) is 20.7 Å². The largest absolute Gasteiger partial charge is 0.496 e. The second-order valence-corrected chi connectivity index (χ2v) is 6.51. The van der Waals surface area contributed by atoms with Gasteiger partial charge in [-0.15, -0.1) is 0 Å². The molecular formula is C19H26N4O2. The van der Waals surface area contributed by atoms with E-state index in [1.807, 2.05) is 26.0 Å². The minimum Gasteiger partial charge on any atom is -0.496 e. The van der Waals surface area contributed by atoms with Crippen molar-refractivity contribution in [2.45, 2.75) is 38.6 Å². The number of rotatable bonds is 6. The zero-order valence-corrected chi connectivity index (χ0v) is 15.3. The number of hydrogen-bond donors (Lipinski definition) is 2. The fourth-order valence-corrected chi connectivity index (χ4v) is 3.02. The van der Waals surface area contributed by atoms with Crippen molar-refractivity contribution in [3.05, 3.63) is 47.2 Å². The van der Waals surface area contributed by atoms with E-state index in [0.29, 0.717) is 12.4 Å². The monoisotopic (exact) mass is 342 g/mol. The van der Waals surface area contributed by atoms with E-state index in [0.717, 1.165) is 42.5 Å². The number of hydrogen-bond acceptors (Lipinski definition) is 4. The van der Waals surface area contributed by atoms with E-state index < -0.39 is 0 Å². The second kappa shape index (κ2) is 7.17. The molecule has 2 N–H and O–H groups in total. The van der Waals surface area contributed by atoms with Crippen LogP contribution in [0.15, 0.2) is 33.7 Å². The number of nitrogens with one attached hydrogen (secondary N) is 2. The maximum Gasteiger partial charge on any atom is 0.214 e. The number of para-hydroxylation sites is 1. The first kappa shape index (κ1) is 17.3. The highest BCUT2D eigenvalue weighted by Gasteiger charge is 2.46. The van der Waals surface area contributed by atoms with Crippen molar-refractivity contribution >= 4 is 5.96 Å². The standard InChI is InChI=1S/C19H26N4O2/c1-13-14(2)25-17(23-13)11-21-18(20-3)22-12-19(9-10-19)15-7-5-6-8-16(15)24-4/h5-8H,9-12H2,1-4H3,(H2,20,21,22). The Morgan fingerprint density at radius 1 is 1.28 bits per heavy atom. The van der Waals surface area contributed by atoms with E-state index in [4.69, 9.17) is 9.15 Å². The number of benzene rings is 1. The lowest BCUT2D eigenvalue weighted by Crippen LogP contribution is -2.41. The molecule has 1 aromatic carbocycles. The summed E-state index contributed by atoms with van der Waals surface area (Å²) < 4.78 is 11.1. The minimum atomic E-state index is 0.125. The molecule has 1 fully saturated rings. The molecule has 0 atom stereocenters. The molecule has 1 heterocycles. The van der Waals surface area contributed by atoms with Crippen molar-refractivity contribution in [2.24, 2.45) is 4.99 Å². The molecule has 0 radical (unpaired) electrons. The molecule has 6 nitrogen and oxygen atoms in total. The molecule has 6 heteroatoms. The Morgan fingerprint density at radius 2 is 2.04 bits per heavy atom. The smallest absolute Gasteiger partial charge is 0.214 e. The fourth-order valence-electron chi connectivity index (χ4n) is 3.02. The lowest BCUT2D eigenvalue weighted by atomic mass is 9.95. The van der Waals surface area contributed by atoms with Crippen LogP contribution in [0.3, 0.4) is 0 Å². The molecule has 1 aliphatic rings. The van der Waals surface area contributed by atoms with Gasteiger partial charge in [-0.25, -0.2) is 4.98 Å². The molecule has 134 valence electrons. The maximum atomic E-state index is 5.59. The van der Waals surface area contributed by atoms with Gasteiger partial charge in [0.1, 0.15) is 11.5 Å². The van der Waals surface area contributed by atoms with E-state index in [-0.39, 0.29) is 5.41 Å². The summed E-state index contributed by atoms with van der Waals surface area (Å²) in [6.45, 7) is 5.19. The quantitative estimate of drug-likeness (QED) is 0.624. The van der Waals surface area contributed by atoms with Crippen LogP contribution in [-0.4, -0.2) is 31.6 Å². The van der Waals surface area contributed by atoms with Gasteiger partial charge in [0.15, 0.2) is 5.96 Å². The van der Waals surface area contributed by atoms with Crippen LogP contribution >= 0.6 is 0 Å². The molecule has 0 spiro atoms. The molecule has 0 saturated heterocycles. The van der Waals surface area contributed by atoms with Crippen molar-refractivity contribution < 1.29 is 9.15 Å². The Hall–Kier alpha value is -2.50. The molecule has 0 bridgehead atoms. The third-order valence-electron chi connectivity index (χ3n) is 4.83. The fraction of sp³-hybridized carbons (Fsp3) is 0.474. The summed E-state index contributed by atoms with van der Waals surface area (Å²) in [5.74, 6) is 3.22. The van der Waals surface area contributed by atoms with Gasteiger partial charge in [-0.05, 0) is 32.8 Å². The average Bonchev–Trinajstić information content (AvgIpc) is 3.35. The predicted octanol–water partition coefficient (Wildman–Crippen LogP) is 2.70. The van der Waals surface area contributed by atoms with Gasteiger partial charge >= 0.3 is 0 Å². The summed E-state index contributed by atoms with van der Waals surface area (Å²) in [5, 5.41) is 6.69. The van der Waals surface area contributed by atoms with Crippen LogP contribution in [0.25, 0.3) is 0 Å². The highest BCUT2D eigenvalue weighted by molar-refractivity contribution is 5.79. The Morgan fingerprint density at radius 3 is 2.64 bits per heavy atom. The van der Waals surface area contributed by atoms with E-state index in [1.165, 1.54) is 5.56 Å². The predicted molar refractivity (Wildman–Crippen MR) is 98.1 cm³/mol. The SMILES string of the molecule is CN=C(NCc1nc(C)c(C)o1)NCC1(c2ccccc2OC)CC1. The van der Waals surface area contributed by atoms with Crippen LogP contribution in [0.4, 0.5) is 0 Å². The van der Waals surface area contributed by atoms with Gasteiger partial charge in [0, 0.05) is 24.6 Å². The molecule has 0 aliphatic heterocycles.